The van der Waals surface area contributed by atoms with Gasteiger partial charge in [0.1, 0.15) is 0 Å². The summed E-state index contributed by atoms with van der Waals surface area (Å²) in [6.07, 6.45) is 0. The molecule has 2 rings (SSSR count). The molecule has 0 fully saturated rings. The summed E-state index contributed by atoms with van der Waals surface area (Å²) in [4.78, 5) is 15.6. The van der Waals surface area contributed by atoms with E-state index in [1.165, 1.54) is 0 Å². The van der Waals surface area contributed by atoms with Gasteiger partial charge in [-0.15, -0.1) is 10.2 Å². The number of nitrogens with zero attached hydrogens (tertiary/aromatic N) is 4. The molecule has 0 atom stereocenters. The van der Waals surface area contributed by atoms with Gasteiger partial charge in [-0.3, -0.25) is 4.79 Å². The van der Waals surface area contributed by atoms with Gasteiger partial charge < -0.3 is 9.73 Å². The molecule has 0 aliphatic rings. The van der Waals surface area contributed by atoms with E-state index in [2.05, 4.69) is 30.9 Å². The predicted molar refractivity (Wildman–Crippen MR) is 51.3 cm³/mol. The second-order valence-corrected chi connectivity index (χ2v) is 3.16. The number of hydrogen-bond acceptors (Lipinski definition) is 6. The van der Waals surface area contributed by atoms with Crippen LogP contribution in [-0.4, -0.2) is 31.5 Å². The summed E-state index contributed by atoms with van der Waals surface area (Å²) in [7, 11) is 0. The first-order chi connectivity index (χ1) is 7.66. The molecule has 0 saturated heterocycles. The van der Waals surface area contributed by atoms with Gasteiger partial charge in [0.15, 0.2) is 11.7 Å². The number of amides is 1. The van der Waals surface area contributed by atoms with Crippen LogP contribution in [0.15, 0.2) is 4.42 Å². The molecule has 2 aromatic rings. The van der Waals surface area contributed by atoms with Crippen LogP contribution in [0.5, 0.6) is 0 Å². The van der Waals surface area contributed by atoms with Gasteiger partial charge in [0.05, 0.1) is 12.2 Å². The average molecular weight is 222 g/mol. The van der Waals surface area contributed by atoms with Crippen LogP contribution in [-0.2, 0) is 6.54 Å². The predicted octanol–water partition coefficient (Wildman–Crippen LogP) is -0.265. The minimum atomic E-state index is -0.345. The van der Waals surface area contributed by atoms with E-state index in [1.54, 1.807) is 13.8 Å². The Kier molecular flexibility index (Phi) is 2.63. The molecule has 2 N–H and O–H groups in total. The summed E-state index contributed by atoms with van der Waals surface area (Å²) in [5, 5.41) is 15.7. The fourth-order valence-electron chi connectivity index (χ4n) is 1.24. The first-order valence-electron chi connectivity index (χ1n) is 4.61. The summed E-state index contributed by atoms with van der Waals surface area (Å²) >= 11 is 0. The molecule has 0 saturated carbocycles. The van der Waals surface area contributed by atoms with Gasteiger partial charge in [0.25, 0.3) is 5.91 Å². The van der Waals surface area contributed by atoms with Gasteiger partial charge in [-0.1, -0.05) is 5.21 Å². The molecule has 1 amide bonds. The number of aromatic nitrogens is 5. The van der Waals surface area contributed by atoms with E-state index in [0.717, 1.165) is 0 Å². The lowest BCUT2D eigenvalue weighted by molar-refractivity contribution is 0.0920. The maximum Gasteiger partial charge on any atom is 0.289 e. The highest BCUT2D eigenvalue weighted by atomic mass is 16.4. The third kappa shape index (κ3) is 2.05. The van der Waals surface area contributed by atoms with Gasteiger partial charge in [-0.05, 0) is 6.92 Å². The Balaban J connectivity index is 2.01. The highest BCUT2D eigenvalue weighted by Gasteiger charge is 2.15. The van der Waals surface area contributed by atoms with E-state index in [-0.39, 0.29) is 18.2 Å². The van der Waals surface area contributed by atoms with Crippen LogP contribution < -0.4 is 5.32 Å². The molecule has 16 heavy (non-hydrogen) atoms. The molecule has 0 aliphatic carbocycles. The monoisotopic (exact) mass is 222 g/mol. The third-order valence-electron chi connectivity index (χ3n) is 1.91. The van der Waals surface area contributed by atoms with Crippen molar-refractivity contribution in [3.05, 3.63) is 23.2 Å². The van der Waals surface area contributed by atoms with Gasteiger partial charge in [-0.25, -0.2) is 4.98 Å². The second kappa shape index (κ2) is 4.09. The minimum Gasteiger partial charge on any atom is -0.436 e. The van der Waals surface area contributed by atoms with Crippen molar-refractivity contribution in [3.8, 4) is 0 Å². The van der Waals surface area contributed by atoms with E-state index in [1.807, 2.05) is 0 Å². The highest BCUT2D eigenvalue weighted by molar-refractivity contribution is 5.92. The van der Waals surface area contributed by atoms with Crippen LogP contribution in [0.4, 0.5) is 0 Å². The largest absolute Gasteiger partial charge is 0.436 e. The van der Waals surface area contributed by atoms with Crippen molar-refractivity contribution >= 4 is 5.91 Å². The lowest BCUT2D eigenvalue weighted by atomic mass is 10.3. The van der Waals surface area contributed by atoms with Crippen molar-refractivity contribution in [2.45, 2.75) is 20.4 Å². The fraction of sp³-hybridized carbons (Fsp3) is 0.375. The summed E-state index contributed by atoms with van der Waals surface area (Å²) in [5.41, 5.74) is 0.558. The standard InChI is InChI=1S/C8H10N6O2/c1-4-7(16-5(2)10-4)8(15)9-3-6-11-13-14-12-6/h3H2,1-2H3,(H,9,15)(H,11,12,13,14). The molecule has 2 aromatic heterocycles. The molecular formula is C8H10N6O2. The van der Waals surface area contributed by atoms with Gasteiger partial charge in [-0.2, -0.15) is 5.21 Å². The Morgan fingerprint density at radius 2 is 2.31 bits per heavy atom. The van der Waals surface area contributed by atoms with Crippen LogP contribution in [0.3, 0.4) is 0 Å². The van der Waals surface area contributed by atoms with Crippen LogP contribution >= 0.6 is 0 Å². The number of tetrazole rings is 1. The zero-order chi connectivity index (χ0) is 11.5. The van der Waals surface area contributed by atoms with E-state index >= 15 is 0 Å². The maximum absolute atomic E-state index is 11.6. The molecule has 0 aromatic carbocycles. The van der Waals surface area contributed by atoms with E-state index in [4.69, 9.17) is 4.42 Å². The van der Waals surface area contributed by atoms with E-state index < -0.39 is 0 Å². The Hall–Kier alpha value is -2.25. The Labute approximate surface area is 90.4 Å². The topological polar surface area (TPSA) is 110 Å². The molecule has 0 radical (unpaired) electrons. The number of aromatic amines is 1. The lowest BCUT2D eigenvalue weighted by Crippen LogP contribution is -2.23. The molecular weight excluding hydrogens is 212 g/mol. The number of hydrogen-bond donors (Lipinski definition) is 2. The van der Waals surface area contributed by atoms with Crippen molar-refractivity contribution in [2.75, 3.05) is 0 Å². The van der Waals surface area contributed by atoms with Crippen molar-refractivity contribution in [1.82, 2.24) is 30.9 Å². The average Bonchev–Trinajstić information content (AvgIpc) is 2.84. The maximum atomic E-state index is 11.6. The lowest BCUT2D eigenvalue weighted by Gasteiger charge is -1.98. The molecule has 8 nitrogen and oxygen atoms in total. The molecule has 2 heterocycles. The van der Waals surface area contributed by atoms with Crippen LogP contribution in [0.2, 0.25) is 0 Å². The molecule has 0 aliphatic heterocycles. The van der Waals surface area contributed by atoms with Crippen molar-refractivity contribution in [1.29, 1.82) is 0 Å². The third-order valence-corrected chi connectivity index (χ3v) is 1.91. The summed E-state index contributed by atoms with van der Waals surface area (Å²) in [6.45, 7) is 3.58. The quantitative estimate of drug-likeness (QED) is 0.740. The Morgan fingerprint density at radius 1 is 1.50 bits per heavy atom. The van der Waals surface area contributed by atoms with Crippen molar-refractivity contribution in [3.63, 3.8) is 0 Å². The molecule has 0 spiro atoms. The zero-order valence-electron chi connectivity index (χ0n) is 8.81. The normalized spacial score (nSPS) is 10.4. The minimum absolute atomic E-state index is 0.189. The van der Waals surface area contributed by atoms with Gasteiger partial charge in [0.2, 0.25) is 5.76 Å². The first kappa shape index (κ1) is 10.3. The SMILES string of the molecule is Cc1nc(C)c(C(=O)NCc2nn[nH]n2)o1. The number of oxazole rings is 1. The first-order valence-corrected chi connectivity index (χ1v) is 4.61. The molecule has 8 heteroatoms. The summed E-state index contributed by atoms with van der Waals surface area (Å²) in [6, 6.07) is 0. The number of H-pyrrole nitrogens is 1. The Bertz CT molecular complexity index is 489. The van der Waals surface area contributed by atoms with Crippen LogP contribution in [0.25, 0.3) is 0 Å². The number of rotatable bonds is 3. The highest BCUT2D eigenvalue weighted by Crippen LogP contribution is 2.08. The molecule has 0 unspecified atom stereocenters. The van der Waals surface area contributed by atoms with Crippen LogP contribution in [0, 0.1) is 13.8 Å². The summed E-state index contributed by atoms with van der Waals surface area (Å²) in [5.74, 6) is 0.730. The number of aryl methyl sites for hydroxylation is 2. The zero-order valence-corrected chi connectivity index (χ0v) is 8.81. The smallest absolute Gasteiger partial charge is 0.289 e. The molecule has 0 bridgehead atoms. The Morgan fingerprint density at radius 3 is 2.88 bits per heavy atom. The van der Waals surface area contributed by atoms with Crippen molar-refractivity contribution in [2.24, 2.45) is 0 Å². The van der Waals surface area contributed by atoms with E-state index in [9.17, 15) is 4.79 Å². The van der Waals surface area contributed by atoms with Crippen LogP contribution in [0.1, 0.15) is 28.0 Å². The number of carbonyl (C=O) groups is 1. The van der Waals surface area contributed by atoms with Crippen molar-refractivity contribution < 1.29 is 9.21 Å². The fourth-order valence-corrected chi connectivity index (χ4v) is 1.24. The van der Waals surface area contributed by atoms with Gasteiger partial charge >= 0.3 is 0 Å². The molecule has 84 valence electrons. The summed E-state index contributed by atoms with van der Waals surface area (Å²) < 4.78 is 5.16. The van der Waals surface area contributed by atoms with Gasteiger partial charge in [0, 0.05) is 6.92 Å². The van der Waals surface area contributed by atoms with E-state index in [0.29, 0.717) is 17.4 Å². The number of nitrogens with one attached hydrogen (secondary N) is 2. The second-order valence-electron chi connectivity index (χ2n) is 3.16. The number of carbonyl (C=O) groups excluding carboxylic acids is 1.